The summed E-state index contributed by atoms with van der Waals surface area (Å²) >= 11 is 3.33. The number of rotatable bonds is 2. The van der Waals surface area contributed by atoms with E-state index in [1.807, 2.05) is 12.1 Å². The van der Waals surface area contributed by atoms with Crippen molar-refractivity contribution in [3.05, 3.63) is 30.9 Å². The Bertz CT molecular complexity index is 576. The molecule has 0 aliphatic heterocycles. The van der Waals surface area contributed by atoms with E-state index in [4.69, 9.17) is 0 Å². The fraction of sp³-hybridized carbons (Fsp3) is 0.200. The van der Waals surface area contributed by atoms with Crippen LogP contribution in [0.25, 0.3) is 10.7 Å². The lowest BCUT2D eigenvalue weighted by Gasteiger charge is -1.99. The summed E-state index contributed by atoms with van der Waals surface area (Å²) in [6, 6.07) is 3.89. The zero-order valence-electron chi connectivity index (χ0n) is 8.45. The SMILES string of the molecule is CCc1ccc(-c2nc(O)c(I)c(=O)[nH]2)s1. The molecule has 0 radical (unpaired) electrons. The van der Waals surface area contributed by atoms with Gasteiger partial charge in [-0.2, -0.15) is 4.98 Å². The minimum Gasteiger partial charge on any atom is -0.492 e. The summed E-state index contributed by atoms with van der Waals surface area (Å²) in [7, 11) is 0. The lowest BCUT2D eigenvalue weighted by molar-refractivity contribution is 0.447. The molecule has 2 N–H and O–H groups in total. The molecule has 2 heterocycles. The van der Waals surface area contributed by atoms with Crippen LogP contribution in [0.1, 0.15) is 11.8 Å². The van der Waals surface area contributed by atoms with E-state index in [9.17, 15) is 9.90 Å². The zero-order chi connectivity index (χ0) is 11.7. The molecule has 0 saturated carbocycles. The Kier molecular flexibility index (Phi) is 3.29. The van der Waals surface area contributed by atoms with Gasteiger partial charge in [0.25, 0.3) is 5.56 Å². The van der Waals surface area contributed by atoms with E-state index in [-0.39, 0.29) is 15.0 Å². The summed E-state index contributed by atoms with van der Waals surface area (Å²) in [5.74, 6) is 0.207. The molecule has 6 heteroatoms. The second-order valence-corrected chi connectivity index (χ2v) is 5.42. The first-order valence-corrected chi connectivity index (χ1v) is 6.59. The molecule has 2 rings (SSSR count). The van der Waals surface area contributed by atoms with Crippen LogP contribution in [0.3, 0.4) is 0 Å². The van der Waals surface area contributed by atoms with Gasteiger partial charge in [-0.3, -0.25) is 4.79 Å². The number of hydrogen-bond acceptors (Lipinski definition) is 4. The molecule has 0 atom stereocenters. The van der Waals surface area contributed by atoms with Crippen LogP contribution in [0.15, 0.2) is 16.9 Å². The van der Waals surface area contributed by atoms with Crippen molar-refractivity contribution in [2.75, 3.05) is 0 Å². The lowest BCUT2D eigenvalue weighted by atomic mass is 10.3. The molecule has 0 fully saturated rings. The zero-order valence-corrected chi connectivity index (χ0v) is 11.4. The second-order valence-electron chi connectivity index (χ2n) is 3.17. The molecule has 0 aliphatic rings. The average Bonchev–Trinajstić information content (AvgIpc) is 2.73. The largest absolute Gasteiger partial charge is 0.492 e. The molecule has 0 spiro atoms. The van der Waals surface area contributed by atoms with Gasteiger partial charge in [-0.1, -0.05) is 6.92 Å². The van der Waals surface area contributed by atoms with E-state index in [1.54, 1.807) is 33.9 Å². The molecule has 0 amide bonds. The number of nitrogens with zero attached hydrogens (tertiary/aromatic N) is 1. The lowest BCUT2D eigenvalue weighted by Crippen LogP contribution is -2.11. The highest BCUT2D eigenvalue weighted by Crippen LogP contribution is 2.26. The first kappa shape index (κ1) is 11.6. The Labute approximate surface area is 110 Å². The van der Waals surface area contributed by atoms with Gasteiger partial charge in [-0.05, 0) is 41.1 Å². The third kappa shape index (κ3) is 2.12. The monoisotopic (exact) mass is 348 g/mol. The number of aromatic amines is 1. The van der Waals surface area contributed by atoms with Crippen LogP contribution in [0.5, 0.6) is 5.88 Å². The van der Waals surface area contributed by atoms with Gasteiger partial charge in [0.05, 0.1) is 4.88 Å². The maximum absolute atomic E-state index is 11.5. The Balaban J connectivity index is 2.52. The fourth-order valence-corrected chi connectivity index (χ4v) is 2.41. The minimum absolute atomic E-state index is 0.216. The van der Waals surface area contributed by atoms with Crippen LogP contribution in [-0.2, 0) is 6.42 Å². The van der Waals surface area contributed by atoms with Crippen molar-refractivity contribution in [1.29, 1.82) is 0 Å². The first-order valence-electron chi connectivity index (χ1n) is 4.69. The number of aromatic nitrogens is 2. The van der Waals surface area contributed by atoms with Crippen LogP contribution < -0.4 is 5.56 Å². The number of H-pyrrole nitrogens is 1. The van der Waals surface area contributed by atoms with E-state index in [0.717, 1.165) is 11.3 Å². The molecule has 2 aromatic heterocycles. The molecule has 0 unspecified atom stereocenters. The highest BCUT2D eigenvalue weighted by Gasteiger charge is 2.10. The summed E-state index contributed by atoms with van der Waals surface area (Å²) < 4.78 is 0.216. The maximum Gasteiger partial charge on any atom is 0.268 e. The number of nitrogens with one attached hydrogen (secondary N) is 1. The molecule has 0 saturated heterocycles. The highest BCUT2D eigenvalue weighted by molar-refractivity contribution is 14.1. The normalized spacial score (nSPS) is 10.6. The average molecular weight is 348 g/mol. The van der Waals surface area contributed by atoms with Crippen LogP contribution in [-0.4, -0.2) is 15.1 Å². The summed E-state index contributed by atoms with van der Waals surface area (Å²) in [4.78, 5) is 20.1. The van der Waals surface area contributed by atoms with Gasteiger partial charge in [0.15, 0.2) is 5.82 Å². The Morgan fingerprint density at radius 2 is 2.31 bits per heavy atom. The van der Waals surface area contributed by atoms with Gasteiger partial charge in [-0.25, -0.2) is 0 Å². The van der Waals surface area contributed by atoms with Crippen LogP contribution in [0, 0.1) is 3.57 Å². The first-order chi connectivity index (χ1) is 7.61. The predicted octanol–water partition coefficient (Wildman–Crippen LogP) is 2.37. The van der Waals surface area contributed by atoms with Gasteiger partial charge in [0.2, 0.25) is 5.88 Å². The third-order valence-corrected chi connectivity index (χ3v) is 4.30. The molecule has 0 bridgehead atoms. The number of thiophene rings is 1. The summed E-state index contributed by atoms with van der Waals surface area (Å²) in [5, 5.41) is 9.47. The van der Waals surface area contributed by atoms with Crippen molar-refractivity contribution in [2.45, 2.75) is 13.3 Å². The Hall–Kier alpha value is -0.890. The predicted molar refractivity (Wildman–Crippen MR) is 71.9 cm³/mol. The Morgan fingerprint density at radius 3 is 2.88 bits per heavy atom. The number of aromatic hydroxyl groups is 1. The van der Waals surface area contributed by atoms with Crippen LogP contribution in [0.4, 0.5) is 0 Å². The number of hydrogen-bond donors (Lipinski definition) is 2. The molecule has 16 heavy (non-hydrogen) atoms. The standard InChI is InChI=1S/C10H9IN2O2S/c1-2-5-3-4-6(16-5)8-12-9(14)7(11)10(15)13-8/h3-4H,2H2,1H3,(H2,12,13,14,15). The quantitative estimate of drug-likeness (QED) is 0.819. The van der Waals surface area contributed by atoms with E-state index in [1.165, 1.54) is 4.88 Å². The van der Waals surface area contributed by atoms with E-state index >= 15 is 0 Å². The van der Waals surface area contributed by atoms with Gasteiger partial charge in [-0.15, -0.1) is 11.3 Å². The topological polar surface area (TPSA) is 66.0 Å². The van der Waals surface area contributed by atoms with E-state index in [0.29, 0.717) is 5.82 Å². The summed E-state index contributed by atoms with van der Waals surface area (Å²) in [6.45, 7) is 2.07. The second kappa shape index (κ2) is 4.54. The molecule has 2 aromatic rings. The summed E-state index contributed by atoms with van der Waals surface area (Å²) in [6.07, 6.45) is 0.950. The Morgan fingerprint density at radius 1 is 1.56 bits per heavy atom. The maximum atomic E-state index is 11.5. The van der Waals surface area contributed by atoms with Gasteiger partial charge < -0.3 is 10.1 Å². The van der Waals surface area contributed by atoms with Crippen molar-refractivity contribution in [1.82, 2.24) is 9.97 Å². The highest BCUT2D eigenvalue weighted by atomic mass is 127. The fourth-order valence-electron chi connectivity index (χ4n) is 1.26. The van der Waals surface area contributed by atoms with Gasteiger partial charge in [0, 0.05) is 4.88 Å². The van der Waals surface area contributed by atoms with Crippen molar-refractivity contribution >= 4 is 33.9 Å². The van der Waals surface area contributed by atoms with Crippen molar-refractivity contribution in [2.24, 2.45) is 0 Å². The number of aryl methyl sites for hydroxylation is 1. The third-order valence-electron chi connectivity index (χ3n) is 2.09. The smallest absolute Gasteiger partial charge is 0.268 e. The van der Waals surface area contributed by atoms with Crippen molar-refractivity contribution in [3.8, 4) is 16.6 Å². The molecule has 0 aliphatic carbocycles. The van der Waals surface area contributed by atoms with Gasteiger partial charge >= 0.3 is 0 Å². The van der Waals surface area contributed by atoms with Crippen LogP contribution in [0.2, 0.25) is 0 Å². The van der Waals surface area contributed by atoms with E-state index < -0.39 is 0 Å². The molecule has 84 valence electrons. The van der Waals surface area contributed by atoms with Crippen LogP contribution >= 0.6 is 33.9 Å². The molecule has 4 nitrogen and oxygen atoms in total. The molecule has 0 aromatic carbocycles. The summed E-state index contributed by atoms with van der Waals surface area (Å²) in [5.41, 5.74) is -0.311. The van der Waals surface area contributed by atoms with Crippen molar-refractivity contribution in [3.63, 3.8) is 0 Å². The number of halogens is 1. The van der Waals surface area contributed by atoms with E-state index in [2.05, 4.69) is 16.9 Å². The van der Waals surface area contributed by atoms with Crippen molar-refractivity contribution < 1.29 is 5.11 Å². The van der Waals surface area contributed by atoms with Gasteiger partial charge in [0.1, 0.15) is 3.57 Å². The molecular weight excluding hydrogens is 339 g/mol. The molecular formula is C10H9IN2O2S. The minimum atomic E-state index is -0.311.